The highest BCUT2D eigenvalue weighted by Crippen LogP contribution is 2.60. The molecular weight excluding hydrogens is 387 g/mol. The zero-order valence-electron chi connectivity index (χ0n) is 15.3. The first-order chi connectivity index (χ1) is 13.3. The molecule has 9 heteroatoms. The lowest BCUT2D eigenvalue weighted by Gasteiger charge is -2.70. The Morgan fingerprint density at radius 2 is 2.00 bits per heavy atom. The van der Waals surface area contributed by atoms with Crippen molar-refractivity contribution >= 4 is 23.4 Å². The number of ether oxygens (including phenoxy) is 1. The number of carbonyl (C=O) groups excluding carboxylic acids is 2. The molecule has 3 fully saturated rings. The summed E-state index contributed by atoms with van der Waals surface area (Å²) in [5.41, 5.74) is -0.00828. The fourth-order valence-corrected chi connectivity index (χ4v) is 4.28. The normalized spacial score (nSPS) is 24.7. The molecule has 0 radical (unpaired) electrons. The van der Waals surface area contributed by atoms with Gasteiger partial charge in [0.1, 0.15) is 17.3 Å². The van der Waals surface area contributed by atoms with Crippen LogP contribution in [0.1, 0.15) is 36.7 Å². The number of hydrogen-bond donors (Lipinski definition) is 2. The Labute approximate surface area is 166 Å². The Kier molecular flexibility index (Phi) is 4.53. The van der Waals surface area contributed by atoms with Crippen molar-refractivity contribution in [3.63, 3.8) is 0 Å². The smallest absolute Gasteiger partial charge is 0.269 e. The molecule has 1 aromatic carbocycles. The van der Waals surface area contributed by atoms with Gasteiger partial charge in [0.05, 0.1) is 17.5 Å². The molecule has 2 amide bonds. The number of halogens is 2. The Hall–Kier alpha value is -2.61. The van der Waals surface area contributed by atoms with E-state index in [9.17, 15) is 14.0 Å². The molecule has 0 saturated heterocycles. The van der Waals surface area contributed by atoms with Gasteiger partial charge in [-0.1, -0.05) is 11.6 Å². The lowest BCUT2D eigenvalue weighted by atomic mass is 9.44. The highest BCUT2D eigenvalue weighted by atomic mass is 35.5. The maximum atomic E-state index is 13.4. The molecule has 3 saturated carbocycles. The van der Waals surface area contributed by atoms with Gasteiger partial charge in [-0.2, -0.15) is 0 Å². The molecule has 0 spiro atoms. The number of hydrogen-bond acceptors (Lipinski definition) is 4. The fourth-order valence-electron chi connectivity index (χ4n) is 4.17. The Bertz CT molecular complexity index is 925. The second-order valence-electron chi connectivity index (χ2n) is 7.52. The standard InChI is InChI=1S/C19H20ClFN4O3/c1-2-25-11-22-6-15(25)17(27)24-19-8-18(9-19,10-19)23-16(26)7-28-12-3-4-13(20)14(21)5-12/h3-6,11H,2,7-10H2,1H3,(H,23,26)(H,24,27). The van der Waals surface area contributed by atoms with Gasteiger partial charge in [0.2, 0.25) is 0 Å². The maximum absolute atomic E-state index is 13.4. The molecular formula is C19H20ClFN4O3. The van der Waals surface area contributed by atoms with Crippen LogP contribution in [0.15, 0.2) is 30.7 Å². The molecule has 1 heterocycles. The van der Waals surface area contributed by atoms with Crippen molar-refractivity contribution in [2.45, 2.75) is 43.8 Å². The van der Waals surface area contributed by atoms with Gasteiger partial charge in [-0.05, 0) is 38.3 Å². The average molecular weight is 407 g/mol. The predicted octanol–water partition coefficient (Wildman–Crippen LogP) is 2.30. The highest BCUT2D eigenvalue weighted by molar-refractivity contribution is 6.30. The number of amides is 2. The summed E-state index contributed by atoms with van der Waals surface area (Å²) >= 11 is 5.62. The van der Waals surface area contributed by atoms with Crippen LogP contribution in [0.25, 0.3) is 0 Å². The predicted molar refractivity (Wildman–Crippen MR) is 99.7 cm³/mol. The summed E-state index contributed by atoms with van der Waals surface area (Å²) in [6, 6.07) is 4.02. The van der Waals surface area contributed by atoms with Gasteiger partial charge >= 0.3 is 0 Å². The Morgan fingerprint density at radius 3 is 2.68 bits per heavy atom. The van der Waals surface area contributed by atoms with Crippen molar-refractivity contribution in [3.8, 4) is 5.75 Å². The SMILES string of the molecule is CCn1cncc1C(=O)NC12CC(NC(=O)COc3ccc(Cl)c(F)c3)(C1)C2. The van der Waals surface area contributed by atoms with Crippen molar-refractivity contribution < 1.29 is 18.7 Å². The van der Waals surface area contributed by atoms with E-state index >= 15 is 0 Å². The summed E-state index contributed by atoms with van der Waals surface area (Å²) in [7, 11) is 0. The van der Waals surface area contributed by atoms with Crippen LogP contribution in [-0.4, -0.2) is 39.1 Å². The molecule has 3 aliphatic rings. The summed E-state index contributed by atoms with van der Waals surface area (Å²) in [5, 5.41) is 6.02. The minimum absolute atomic E-state index is 0.000000471. The van der Waals surface area contributed by atoms with Crippen LogP contribution >= 0.6 is 11.6 Å². The number of aryl methyl sites for hydroxylation is 1. The molecule has 2 aromatic rings. The van der Waals surface area contributed by atoms with Crippen LogP contribution in [-0.2, 0) is 11.3 Å². The molecule has 0 aliphatic heterocycles. The second kappa shape index (κ2) is 6.77. The van der Waals surface area contributed by atoms with Gasteiger partial charge in [0.25, 0.3) is 11.8 Å². The summed E-state index contributed by atoms with van der Waals surface area (Å²) < 4.78 is 20.5. The number of rotatable bonds is 7. The quantitative estimate of drug-likeness (QED) is 0.738. The van der Waals surface area contributed by atoms with E-state index in [1.165, 1.54) is 12.1 Å². The topological polar surface area (TPSA) is 85.3 Å². The van der Waals surface area contributed by atoms with E-state index in [0.29, 0.717) is 31.5 Å². The number of nitrogens with one attached hydrogen (secondary N) is 2. The van der Waals surface area contributed by atoms with Gasteiger partial charge < -0.3 is 19.9 Å². The lowest BCUT2D eigenvalue weighted by molar-refractivity contribution is -0.141. The van der Waals surface area contributed by atoms with Crippen molar-refractivity contribution in [3.05, 3.63) is 47.3 Å². The third kappa shape index (κ3) is 3.32. The van der Waals surface area contributed by atoms with Crippen LogP contribution in [0.3, 0.4) is 0 Å². The first kappa shape index (κ1) is 18.7. The van der Waals surface area contributed by atoms with Crippen molar-refractivity contribution in [1.82, 2.24) is 20.2 Å². The Morgan fingerprint density at radius 1 is 1.29 bits per heavy atom. The minimum Gasteiger partial charge on any atom is -0.484 e. The largest absolute Gasteiger partial charge is 0.484 e. The van der Waals surface area contributed by atoms with Gasteiger partial charge in [-0.3, -0.25) is 9.59 Å². The van der Waals surface area contributed by atoms with Gasteiger partial charge in [-0.25, -0.2) is 9.37 Å². The molecule has 7 nitrogen and oxygen atoms in total. The van der Waals surface area contributed by atoms with E-state index in [1.807, 2.05) is 6.92 Å². The third-order valence-corrected chi connectivity index (χ3v) is 5.67. The van der Waals surface area contributed by atoms with Crippen LogP contribution < -0.4 is 15.4 Å². The zero-order chi connectivity index (χ0) is 19.9. The minimum atomic E-state index is -0.596. The number of benzene rings is 1. The van der Waals surface area contributed by atoms with Crippen LogP contribution in [0.2, 0.25) is 5.02 Å². The van der Waals surface area contributed by atoms with Crippen LogP contribution in [0.4, 0.5) is 4.39 Å². The average Bonchev–Trinajstić information content (AvgIpc) is 3.08. The summed E-state index contributed by atoms with van der Waals surface area (Å²) in [6.45, 7) is 2.41. The third-order valence-electron chi connectivity index (χ3n) is 5.36. The van der Waals surface area contributed by atoms with Gasteiger partial charge in [-0.15, -0.1) is 0 Å². The van der Waals surface area contributed by atoms with Crippen molar-refractivity contribution in [1.29, 1.82) is 0 Å². The zero-order valence-corrected chi connectivity index (χ0v) is 16.1. The lowest BCUT2D eigenvalue weighted by Crippen LogP contribution is -2.84. The first-order valence-corrected chi connectivity index (χ1v) is 9.43. The molecule has 3 aliphatic carbocycles. The fraction of sp³-hybridized carbons (Fsp3) is 0.421. The second-order valence-corrected chi connectivity index (χ2v) is 7.93. The molecule has 5 rings (SSSR count). The molecule has 0 unspecified atom stereocenters. The summed E-state index contributed by atoms with van der Waals surface area (Å²) in [6.07, 6.45) is 5.25. The molecule has 28 heavy (non-hydrogen) atoms. The van der Waals surface area contributed by atoms with Crippen LogP contribution in [0.5, 0.6) is 5.75 Å². The monoisotopic (exact) mass is 406 g/mol. The first-order valence-electron chi connectivity index (χ1n) is 9.05. The molecule has 2 bridgehead atoms. The molecule has 0 atom stereocenters. The number of aromatic nitrogens is 2. The molecule has 2 N–H and O–H groups in total. The molecule has 148 valence electrons. The van der Waals surface area contributed by atoms with Crippen molar-refractivity contribution in [2.24, 2.45) is 0 Å². The van der Waals surface area contributed by atoms with E-state index in [2.05, 4.69) is 15.6 Å². The van der Waals surface area contributed by atoms with Gasteiger partial charge in [0, 0.05) is 23.7 Å². The summed E-state index contributed by atoms with van der Waals surface area (Å²) in [5.74, 6) is -0.780. The van der Waals surface area contributed by atoms with E-state index in [4.69, 9.17) is 16.3 Å². The van der Waals surface area contributed by atoms with Crippen molar-refractivity contribution in [2.75, 3.05) is 6.61 Å². The van der Waals surface area contributed by atoms with Gasteiger partial charge in [0.15, 0.2) is 6.61 Å². The van der Waals surface area contributed by atoms with Crippen LogP contribution in [0, 0.1) is 5.82 Å². The van der Waals surface area contributed by atoms with E-state index in [0.717, 1.165) is 6.07 Å². The Balaban J connectivity index is 1.24. The number of nitrogens with zero attached hydrogens (tertiary/aromatic N) is 2. The summed E-state index contributed by atoms with van der Waals surface area (Å²) in [4.78, 5) is 28.6. The maximum Gasteiger partial charge on any atom is 0.269 e. The van der Waals surface area contributed by atoms with E-state index in [-0.39, 0.29) is 40.3 Å². The molecule has 1 aromatic heterocycles. The van der Waals surface area contributed by atoms with E-state index in [1.54, 1.807) is 17.1 Å². The number of carbonyl (C=O) groups is 2. The van der Waals surface area contributed by atoms with E-state index < -0.39 is 5.82 Å². The number of imidazole rings is 1. The highest BCUT2D eigenvalue weighted by Gasteiger charge is 2.69.